The number of aliphatic hydroxyl groups is 1. The first-order valence-corrected chi connectivity index (χ1v) is 10.9. The molecular formula is C19H28Na2O6S. The first-order valence-electron chi connectivity index (χ1n) is 9.53. The van der Waals surface area contributed by atoms with E-state index in [4.69, 9.17) is 17.5 Å². The first kappa shape index (κ1) is 27.3. The molecule has 0 aliphatic heterocycles. The van der Waals surface area contributed by atoms with Crippen LogP contribution in [-0.2, 0) is 15.2 Å². The summed E-state index contributed by atoms with van der Waals surface area (Å²) in [5.41, 5.74) is 1.81. The summed E-state index contributed by atoms with van der Waals surface area (Å²) in [6.45, 7) is 4.69. The molecular weight excluding hydrogens is 402 g/mol. The Balaban J connectivity index is 0.000000504. The van der Waals surface area contributed by atoms with Gasteiger partial charge in [0.25, 0.3) is 0 Å². The second-order valence-electron chi connectivity index (χ2n) is 8.98. The molecule has 1 N–H and O–H groups in total. The summed E-state index contributed by atoms with van der Waals surface area (Å²) in [4.78, 5) is 12.4. The van der Waals surface area contributed by atoms with Crippen LogP contribution in [0.5, 0.6) is 0 Å². The van der Waals surface area contributed by atoms with Crippen LogP contribution >= 0.6 is 0 Å². The van der Waals surface area contributed by atoms with Crippen molar-refractivity contribution in [1.82, 2.24) is 0 Å². The van der Waals surface area contributed by atoms with Gasteiger partial charge in [0.2, 0.25) is 0 Å². The van der Waals surface area contributed by atoms with E-state index in [1.165, 1.54) is 12.0 Å². The van der Waals surface area contributed by atoms with Crippen molar-refractivity contribution in [2.24, 2.45) is 28.6 Å². The van der Waals surface area contributed by atoms with E-state index in [1.54, 1.807) is 0 Å². The van der Waals surface area contributed by atoms with Gasteiger partial charge in [0.1, 0.15) is 5.78 Å². The molecule has 0 amide bonds. The topological polar surface area (TPSA) is 118 Å². The van der Waals surface area contributed by atoms with Gasteiger partial charge >= 0.3 is 59.1 Å². The number of aliphatic hydroxyl groups excluding tert-OH is 1. The Hall–Kier alpha value is 1.24. The maximum Gasteiger partial charge on any atom is 1.00 e. The molecule has 0 heterocycles. The molecule has 0 radical (unpaired) electrons. The summed E-state index contributed by atoms with van der Waals surface area (Å²) in [5, 5.41) is 10.00. The smallest absolute Gasteiger partial charge is 0.759 e. The zero-order valence-electron chi connectivity index (χ0n) is 17.4. The molecule has 0 aromatic rings. The van der Waals surface area contributed by atoms with Gasteiger partial charge in [0.15, 0.2) is 0 Å². The van der Waals surface area contributed by atoms with E-state index in [9.17, 15) is 9.90 Å². The summed E-state index contributed by atoms with van der Waals surface area (Å²) in [6.07, 6.45) is 10.7. The van der Waals surface area contributed by atoms with Crippen LogP contribution in [0.3, 0.4) is 0 Å². The zero-order valence-corrected chi connectivity index (χ0v) is 22.3. The van der Waals surface area contributed by atoms with E-state index in [2.05, 4.69) is 19.9 Å². The minimum atomic E-state index is -5.17. The van der Waals surface area contributed by atoms with Gasteiger partial charge in [-0.25, -0.2) is 0 Å². The quantitative estimate of drug-likeness (QED) is 0.185. The van der Waals surface area contributed by atoms with Crippen molar-refractivity contribution in [3.63, 3.8) is 0 Å². The second-order valence-corrected chi connectivity index (χ2v) is 9.80. The largest absolute Gasteiger partial charge is 1.00 e. The molecule has 0 saturated heterocycles. The van der Waals surface area contributed by atoms with E-state index < -0.39 is 10.4 Å². The second kappa shape index (κ2) is 9.80. The zero-order chi connectivity index (χ0) is 19.3. The molecule has 3 saturated carbocycles. The van der Waals surface area contributed by atoms with Crippen LogP contribution in [0.25, 0.3) is 0 Å². The standard InChI is InChI=1S/C19H28O2.2Na.H2O4S/c1-18-9-7-13(20)11-12(18)3-4-14-15-5-6-17(21)19(15,2)10-8-16(14)18;;;1-5(2,3)4/h3,13-16,20H,4-11H2,1-2H3;;;(H2,1,2,3,4)/q;2*+1;/p-2/t13-,14?,15?,16?,18-,19-;;;/m0.../s1. The Morgan fingerprint density at radius 2 is 1.57 bits per heavy atom. The average Bonchev–Trinajstić information content (AvgIpc) is 2.82. The van der Waals surface area contributed by atoms with Crippen molar-refractivity contribution in [2.75, 3.05) is 0 Å². The molecule has 0 aromatic carbocycles. The molecule has 4 aliphatic carbocycles. The van der Waals surface area contributed by atoms with Crippen molar-refractivity contribution in [3.8, 4) is 0 Å². The molecule has 28 heavy (non-hydrogen) atoms. The van der Waals surface area contributed by atoms with Crippen molar-refractivity contribution in [3.05, 3.63) is 11.6 Å². The molecule has 148 valence electrons. The van der Waals surface area contributed by atoms with E-state index in [0.717, 1.165) is 50.9 Å². The van der Waals surface area contributed by atoms with Crippen LogP contribution in [-0.4, -0.2) is 34.5 Å². The predicted molar refractivity (Wildman–Crippen MR) is 93.2 cm³/mol. The number of fused-ring (bicyclic) bond motifs is 5. The van der Waals surface area contributed by atoms with Gasteiger partial charge in [0.05, 0.1) is 6.10 Å². The number of hydrogen-bond donors (Lipinski definition) is 1. The van der Waals surface area contributed by atoms with Gasteiger partial charge < -0.3 is 14.2 Å². The molecule has 0 aromatic heterocycles. The minimum absolute atomic E-state index is 0. The summed E-state index contributed by atoms with van der Waals surface area (Å²) in [7, 11) is -5.17. The molecule has 4 aliphatic rings. The Bertz CT molecular complexity index is 716. The van der Waals surface area contributed by atoms with Crippen LogP contribution in [0.2, 0.25) is 0 Å². The summed E-state index contributed by atoms with van der Waals surface area (Å²) in [5.74, 6) is 2.60. The fourth-order valence-electron chi connectivity index (χ4n) is 6.41. The van der Waals surface area contributed by atoms with Gasteiger partial charge in [-0.05, 0) is 68.1 Å². The monoisotopic (exact) mass is 430 g/mol. The van der Waals surface area contributed by atoms with Crippen LogP contribution in [0.15, 0.2) is 11.6 Å². The number of allylic oxidation sites excluding steroid dienone is 1. The van der Waals surface area contributed by atoms with Crippen LogP contribution < -0.4 is 59.1 Å². The predicted octanol–water partition coefficient (Wildman–Crippen LogP) is -3.45. The molecule has 9 heteroatoms. The van der Waals surface area contributed by atoms with Crippen molar-refractivity contribution in [1.29, 1.82) is 0 Å². The third-order valence-corrected chi connectivity index (χ3v) is 7.79. The molecule has 0 spiro atoms. The van der Waals surface area contributed by atoms with Crippen molar-refractivity contribution < 1.29 is 86.5 Å². The SMILES string of the molecule is C[C@]12CC[C@H](O)CC1=CCC1C2CC[C@]2(C)C(=O)CCC12.O=S(=O)([O-])[O-].[Na+].[Na+]. The van der Waals surface area contributed by atoms with E-state index >= 15 is 0 Å². The molecule has 6 nitrogen and oxygen atoms in total. The first-order chi connectivity index (χ1) is 11.9. The third-order valence-electron chi connectivity index (χ3n) is 7.79. The number of rotatable bonds is 0. The Labute approximate surface area is 212 Å². The van der Waals surface area contributed by atoms with E-state index in [0.29, 0.717) is 23.0 Å². The molecule has 0 bridgehead atoms. The third kappa shape index (κ3) is 5.34. The molecule has 4 rings (SSSR count). The maximum absolute atomic E-state index is 12.4. The molecule has 3 unspecified atom stereocenters. The fourth-order valence-corrected chi connectivity index (χ4v) is 6.41. The number of hydrogen-bond acceptors (Lipinski definition) is 6. The fraction of sp³-hybridized carbons (Fsp3) is 0.842. The van der Waals surface area contributed by atoms with Crippen molar-refractivity contribution >= 4 is 16.2 Å². The van der Waals surface area contributed by atoms with Gasteiger partial charge in [0, 0.05) is 22.2 Å². The summed E-state index contributed by atoms with van der Waals surface area (Å²) < 4.78 is 34.1. The normalized spacial score (nSPS) is 41.6. The Morgan fingerprint density at radius 1 is 1.04 bits per heavy atom. The molecule has 6 atom stereocenters. The van der Waals surface area contributed by atoms with Crippen LogP contribution in [0.4, 0.5) is 0 Å². The number of ketones is 1. The van der Waals surface area contributed by atoms with Crippen molar-refractivity contribution in [2.45, 2.75) is 71.3 Å². The molecule has 3 fully saturated rings. The van der Waals surface area contributed by atoms with Gasteiger partial charge in [-0.15, -0.1) is 0 Å². The van der Waals surface area contributed by atoms with E-state index in [-0.39, 0.29) is 70.6 Å². The Kier molecular flexibility index (Phi) is 9.55. The number of carbonyl (C=O) groups excluding carboxylic acids is 1. The number of Topliss-reactive ketones (excluding diaryl/α,β-unsaturated/α-hetero) is 1. The van der Waals surface area contributed by atoms with Gasteiger partial charge in [-0.2, -0.15) is 0 Å². The minimum Gasteiger partial charge on any atom is -0.759 e. The van der Waals surface area contributed by atoms with Crippen LogP contribution in [0, 0.1) is 28.6 Å². The maximum atomic E-state index is 12.4. The van der Waals surface area contributed by atoms with Crippen LogP contribution in [0.1, 0.15) is 65.2 Å². The number of carbonyl (C=O) groups is 1. The average molecular weight is 430 g/mol. The Morgan fingerprint density at radius 3 is 2.18 bits per heavy atom. The summed E-state index contributed by atoms with van der Waals surface area (Å²) in [6, 6.07) is 0. The van der Waals surface area contributed by atoms with Gasteiger partial charge in [-0.3, -0.25) is 13.2 Å². The van der Waals surface area contributed by atoms with E-state index in [1.807, 2.05) is 0 Å². The summed E-state index contributed by atoms with van der Waals surface area (Å²) >= 11 is 0. The van der Waals surface area contributed by atoms with Gasteiger partial charge in [-0.1, -0.05) is 25.5 Å².